The van der Waals surface area contributed by atoms with E-state index in [1.165, 1.54) is 12.8 Å². The fourth-order valence-corrected chi connectivity index (χ4v) is 5.07. The van der Waals surface area contributed by atoms with Crippen molar-refractivity contribution in [2.75, 3.05) is 32.8 Å². The van der Waals surface area contributed by atoms with Crippen LogP contribution in [0.5, 0.6) is 5.75 Å². The van der Waals surface area contributed by atoms with E-state index < -0.39 is 0 Å². The van der Waals surface area contributed by atoms with Crippen LogP contribution in [0.25, 0.3) is 0 Å². The first-order valence-electron chi connectivity index (χ1n) is 13.3. The summed E-state index contributed by atoms with van der Waals surface area (Å²) in [5, 5.41) is 3.97. The molecule has 1 aromatic heterocycles. The fraction of sp³-hybridized carbons (Fsp3) is 0.607. The number of para-hydroxylation sites is 1. The van der Waals surface area contributed by atoms with Crippen LogP contribution in [0.15, 0.2) is 28.8 Å². The van der Waals surface area contributed by atoms with Crippen molar-refractivity contribution in [3.05, 3.63) is 46.8 Å². The normalized spacial score (nSPS) is 22.1. The van der Waals surface area contributed by atoms with Crippen LogP contribution in [0.1, 0.15) is 72.8 Å². The molecule has 3 heterocycles. The average molecular weight is 498 g/mol. The molecule has 1 aromatic carbocycles. The number of ether oxygens (including phenoxy) is 2. The summed E-state index contributed by atoms with van der Waals surface area (Å²) in [6.07, 6.45) is 6.20. The molecule has 1 saturated heterocycles. The zero-order valence-corrected chi connectivity index (χ0v) is 21.8. The van der Waals surface area contributed by atoms with Gasteiger partial charge in [-0.2, -0.15) is 0 Å². The molecule has 1 fully saturated rings. The predicted molar refractivity (Wildman–Crippen MR) is 136 cm³/mol. The fourth-order valence-electron chi connectivity index (χ4n) is 5.07. The van der Waals surface area contributed by atoms with E-state index in [9.17, 15) is 9.59 Å². The van der Waals surface area contributed by atoms with Crippen molar-refractivity contribution >= 4 is 11.8 Å². The maximum atomic E-state index is 13.4. The van der Waals surface area contributed by atoms with Gasteiger partial charge in [0.25, 0.3) is 5.91 Å². The lowest BCUT2D eigenvalue weighted by Crippen LogP contribution is -2.35. The Bertz CT molecular complexity index is 1020. The Balaban J connectivity index is 1.54. The number of fused-ring (bicyclic) bond motifs is 2. The number of amides is 2. The van der Waals surface area contributed by atoms with E-state index in [1.54, 1.807) is 4.90 Å². The van der Waals surface area contributed by atoms with Gasteiger partial charge in [0.15, 0.2) is 0 Å². The maximum Gasteiger partial charge on any atom is 0.257 e. The second-order valence-corrected chi connectivity index (χ2v) is 9.85. The predicted octanol–water partition coefficient (Wildman–Crippen LogP) is 4.33. The quantitative estimate of drug-likeness (QED) is 0.628. The Labute approximate surface area is 213 Å². The summed E-state index contributed by atoms with van der Waals surface area (Å²) in [5.74, 6) is 1.20. The molecule has 2 aliphatic heterocycles. The van der Waals surface area contributed by atoms with Gasteiger partial charge in [0.05, 0.1) is 30.8 Å². The molecule has 4 rings (SSSR count). The Kier molecular flexibility index (Phi) is 9.02. The van der Waals surface area contributed by atoms with Crippen molar-refractivity contribution in [2.24, 2.45) is 0 Å². The van der Waals surface area contributed by atoms with Crippen LogP contribution in [0.3, 0.4) is 0 Å². The summed E-state index contributed by atoms with van der Waals surface area (Å²) in [4.78, 5) is 30.3. The molecule has 0 N–H and O–H groups in total. The Hall–Kier alpha value is -2.87. The van der Waals surface area contributed by atoms with Crippen LogP contribution in [0.2, 0.25) is 0 Å². The van der Waals surface area contributed by atoms with Crippen LogP contribution in [-0.2, 0) is 16.0 Å². The number of carbonyl (C=O) groups is 2. The minimum Gasteiger partial charge on any atom is -0.485 e. The molecule has 2 atom stereocenters. The number of hydrogen-bond donors (Lipinski definition) is 0. The maximum absolute atomic E-state index is 13.4. The van der Waals surface area contributed by atoms with Crippen LogP contribution >= 0.6 is 0 Å². The van der Waals surface area contributed by atoms with Crippen molar-refractivity contribution < 1.29 is 23.6 Å². The molecular weight excluding hydrogens is 458 g/mol. The summed E-state index contributed by atoms with van der Waals surface area (Å²) in [5.41, 5.74) is 2.14. The lowest BCUT2D eigenvalue weighted by molar-refractivity contribution is -0.130. The zero-order valence-electron chi connectivity index (χ0n) is 21.8. The number of nitrogens with zero attached hydrogens (tertiary/aromatic N) is 3. The minimum atomic E-state index is -0.351. The van der Waals surface area contributed by atoms with E-state index in [2.05, 4.69) is 5.16 Å². The van der Waals surface area contributed by atoms with Gasteiger partial charge in [-0.25, -0.2) is 0 Å². The third-order valence-electron chi connectivity index (χ3n) is 7.30. The van der Waals surface area contributed by atoms with Crippen molar-refractivity contribution in [1.29, 1.82) is 0 Å². The number of aryl methyl sites for hydroxylation is 2. The third-order valence-corrected chi connectivity index (χ3v) is 7.30. The number of aromatic nitrogens is 1. The number of rotatable bonds is 3. The molecule has 0 aliphatic carbocycles. The van der Waals surface area contributed by atoms with Crippen LogP contribution < -0.4 is 4.74 Å². The van der Waals surface area contributed by atoms with Crippen LogP contribution in [-0.4, -0.2) is 71.8 Å². The highest BCUT2D eigenvalue weighted by Crippen LogP contribution is 2.27. The minimum absolute atomic E-state index is 0.00323. The zero-order chi connectivity index (χ0) is 25.5. The molecular formula is C28H39N3O5. The summed E-state index contributed by atoms with van der Waals surface area (Å²) in [7, 11) is 0. The van der Waals surface area contributed by atoms with Gasteiger partial charge >= 0.3 is 0 Å². The van der Waals surface area contributed by atoms with Gasteiger partial charge in [0.2, 0.25) is 5.91 Å². The molecule has 36 heavy (non-hydrogen) atoms. The summed E-state index contributed by atoms with van der Waals surface area (Å²) in [6.45, 7) is 8.62. The van der Waals surface area contributed by atoms with Gasteiger partial charge in [-0.3, -0.25) is 9.59 Å². The molecule has 0 unspecified atom stereocenters. The van der Waals surface area contributed by atoms with Crippen molar-refractivity contribution in [2.45, 2.75) is 77.9 Å². The molecule has 0 radical (unpaired) electrons. The number of carbonyl (C=O) groups excluding carboxylic acids is 2. The third kappa shape index (κ3) is 6.27. The Morgan fingerprint density at radius 1 is 1.03 bits per heavy atom. The molecule has 8 nitrogen and oxygen atoms in total. The molecule has 0 spiro atoms. The topological polar surface area (TPSA) is 85.1 Å². The largest absolute Gasteiger partial charge is 0.485 e. The van der Waals surface area contributed by atoms with Gasteiger partial charge in [0.1, 0.15) is 23.7 Å². The number of hydrogen-bond acceptors (Lipinski definition) is 6. The van der Waals surface area contributed by atoms with E-state index >= 15 is 0 Å². The highest BCUT2D eigenvalue weighted by molar-refractivity contribution is 5.97. The molecule has 2 amide bonds. The smallest absolute Gasteiger partial charge is 0.257 e. The Morgan fingerprint density at radius 2 is 1.75 bits per heavy atom. The lowest BCUT2D eigenvalue weighted by Gasteiger charge is -2.25. The first kappa shape index (κ1) is 26.2. The van der Waals surface area contributed by atoms with E-state index in [4.69, 9.17) is 14.0 Å². The number of likely N-dealkylation sites (tertiary alicyclic amines) is 1. The average Bonchev–Trinajstić information content (AvgIpc) is 3.42. The standard InChI is InChI=1S/C28H39N3O5/c1-4-30-15-11-7-5-6-8-12-16-34-25-18-31(27(32)17-23-20(2)29-36-21(23)3)19-26(25)35-24-14-10-9-13-22(24)28(30)33/h9-10,13-14,25-26H,4-8,11-12,15-19H2,1-3H3/t25-,26-/m1/s1. The van der Waals surface area contributed by atoms with E-state index in [1.807, 2.05) is 49.9 Å². The number of benzene rings is 1. The second kappa shape index (κ2) is 12.4. The molecule has 8 heteroatoms. The molecule has 196 valence electrons. The van der Waals surface area contributed by atoms with Crippen LogP contribution in [0.4, 0.5) is 0 Å². The van der Waals surface area contributed by atoms with Crippen molar-refractivity contribution in [3.8, 4) is 5.75 Å². The van der Waals surface area contributed by atoms with E-state index in [-0.39, 0.29) is 30.4 Å². The van der Waals surface area contributed by atoms with Gasteiger partial charge in [-0.05, 0) is 45.7 Å². The van der Waals surface area contributed by atoms with Crippen molar-refractivity contribution in [1.82, 2.24) is 15.0 Å². The van der Waals surface area contributed by atoms with Gasteiger partial charge in [0, 0.05) is 25.3 Å². The highest BCUT2D eigenvalue weighted by Gasteiger charge is 2.38. The first-order chi connectivity index (χ1) is 17.5. The molecule has 2 aromatic rings. The molecule has 2 aliphatic rings. The monoisotopic (exact) mass is 497 g/mol. The first-order valence-corrected chi connectivity index (χ1v) is 13.3. The summed E-state index contributed by atoms with van der Waals surface area (Å²) >= 11 is 0. The summed E-state index contributed by atoms with van der Waals surface area (Å²) < 4.78 is 18.0. The highest BCUT2D eigenvalue weighted by atomic mass is 16.5. The van der Waals surface area contributed by atoms with E-state index in [0.29, 0.717) is 43.3 Å². The SMILES string of the molecule is CCN1CCCCCCCCO[C@@H]2CN(C(=O)Cc3c(C)noc3C)C[C@H]2Oc2ccccc2C1=O. The van der Waals surface area contributed by atoms with Gasteiger partial charge in [-0.1, -0.05) is 43.0 Å². The van der Waals surface area contributed by atoms with Crippen LogP contribution in [0, 0.1) is 13.8 Å². The van der Waals surface area contributed by atoms with Gasteiger partial charge < -0.3 is 23.8 Å². The van der Waals surface area contributed by atoms with Gasteiger partial charge in [-0.15, -0.1) is 0 Å². The van der Waals surface area contributed by atoms with Crippen molar-refractivity contribution in [3.63, 3.8) is 0 Å². The lowest BCUT2D eigenvalue weighted by atomic mass is 10.1. The van der Waals surface area contributed by atoms with E-state index in [0.717, 1.165) is 43.5 Å². The Morgan fingerprint density at radius 3 is 2.50 bits per heavy atom. The summed E-state index contributed by atoms with van der Waals surface area (Å²) in [6, 6.07) is 7.42. The molecule has 0 saturated carbocycles. The molecule has 0 bridgehead atoms. The second-order valence-electron chi connectivity index (χ2n) is 9.85.